The van der Waals surface area contributed by atoms with E-state index in [2.05, 4.69) is 9.72 Å². The molecule has 8 nitrogen and oxygen atoms in total. The van der Waals surface area contributed by atoms with Gasteiger partial charge in [-0.3, -0.25) is 0 Å². The molecule has 1 aromatic heterocycles. The molecule has 0 aliphatic heterocycles. The zero-order valence-electron chi connectivity index (χ0n) is 13.3. The maximum absolute atomic E-state index is 12.5. The number of esters is 1. The summed E-state index contributed by atoms with van der Waals surface area (Å²) in [6, 6.07) is 7.81. The van der Waals surface area contributed by atoms with Gasteiger partial charge in [-0.25, -0.2) is 22.5 Å². The minimum absolute atomic E-state index is 0.0976. The summed E-state index contributed by atoms with van der Waals surface area (Å²) in [6.45, 7) is 1.52. The summed E-state index contributed by atoms with van der Waals surface area (Å²) in [4.78, 5) is 15.2. The lowest BCUT2D eigenvalue weighted by molar-refractivity contribution is 0.0600. The first kappa shape index (κ1) is 17.5. The molecule has 0 aliphatic carbocycles. The first-order valence-corrected chi connectivity index (χ1v) is 8.41. The molecule has 24 heavy (non-hydrogen) atoms. The SMILES string of the molecule is COC(=O)c1ccc(CS(=O)(=O)N(C)c2oc(C)nc2C#N)cc1. The number of benzene rings is 1. The molecular weight excluding hydrogens is 334 g/mol. The van der Waals surface area contributed by atoms with Crippen molar-refractivity contribution in [2.24, 2.45) is 0 Å². The molecule has 0 unspecified atom stereocenters. The molecule has 0 atom stereocenters. The lowest BCUT2D eigenvalue weighted by Gasteiger charge is -2.16. The summed E-state index contributed by atoms with van der Waals surface area (Å²) in [5.41, 5.74) is 0.702. The maximum atomic E-state index is 12.5. The summed E-state index contributed by atoms with van der Waals surface area (Å²) in [7, 11) is -1.24. The van der Waals surface area contributed by atoms with Gasteiger partial charge < -0.3 is 9.15 Å². The van der Waals surface area contributed by atoms with Crippen LogP contribution < -0.4 is 4.31 Å². The number of hydrogen-bond donors (Lipinski definition) is 0. The molecule has 0 bridgehead atoms. The predicted octanol–water partition coefficient (Wildman–Crippen LogP) is 1.61. The molecule has 0 amide bonds. The van der Waals surface area contributed by atoms with Crippen molar-refractivity contribution in [2.75, 3.05) is 18.5 Å². The van der Waals surface area contributed by atoms with Gasteiger partial charge in [0.05, 0.1) is 18.4 Å². The monoisotopic (exact) mass is 349 g/mol. The molecule has 2 rings (SSSR count). The predicted molar refractivity (Wildman–Crippen MR) is 84.8 cm³/mol. The number of carbonyl (C=O) groups is 1. The van der Waals surface area contributed by atoms with Gasteiger partial charge >= 0.3 is 5.97 Å². The minimum atomic E-state index is -3.79. The third kappa shape index (κ3) is 3.55. The summed E-state index contributed by atoms with van der Waals surface area (Å²) in [6.07, 6.45) is 0. The first-order valence-electron chi connectivity index (χ1n) is 6.80. The van der Waals surface area contributed by atoms with E-state index >= 15 is 0 Å². The van der Waals surface area contributed by atoms with Crippen LogP contribution in [0.5, 0.6) is 0 Å². The molecule has 1 heterocycles. The van der Waals surface area contributed by atoms with Gasteiger partial charge in [0, 0.05) is 14.0 Å². The highest BCUT2D eigenvalue weighted by atomic mass is 32.2. The molecule has 0 saturated heterocycles. The summed E-state index contributed by atoms with van der Waals surface area (Å²) >= 11 is 0. The van der Waals surface area contributed by atoms with Crippen molar-refractivity contribution in [3.05, 3.63) is 47.0 Å². The fraction of sp³-hybridized carbons (Fsp3) is 0.267. The number of nitrogens with zero attached hydrogens (tertiary/aromatic N) is 3. The minimum Gasteiger partial charge on any atom is -0.465 e. The molecule has 0 N–H and O–H groups in total. The van der Waals surface area contributed by atoms with Crippen LogP contribution in [0, 0.1) is 18.3 Å². The molecule has 0 saturated carbocycles. The third-order valence-corrected chi connectivity index (χ3v) is 4.95. The Morgan fingerprint density at radius 2 is 2.00 bits per heavy atom. The zero-order valence-corrected chi connectivity index (χ0v) is 14.1. The van der Waals surface area contributed by atoms with Gasteiger partial charge in [0.25, 0.3) is 0 Å². The van der Waals surface area contributed by atoms with Crippen molar-refractivity contribution in [3.63, 3.8) is 0 Å². The Bertz CT molecular complexity index is 894. The molecule has 0 spiro atoms. The highest BCUT2D eigenvalue weighted by molar-refractivity contribution is 7.92. The van der Waals surface area contributed by atoms with Crippen molar-refractivity contribution < 1.29 is 22.4 Å². The van der Waals surface area contributed by atoms with E-state index in [9.17, 15) is 13.2 Å². The van der Waals surface area contributed by atoms with E-state index in [0.29, 0.717) is 11.1 Å². The Labute approximate surface area is 139 Å². The summed E-state index contributed by atoms with van der Waals surface area (Å²) in [5.74, 6) is -0.750. The Hall–Kier alpha value is -2.86. The standard InChI is InChI=1S/C15H15N3O5S/c1-10-17-13(8-16)14(23-10)18(2)24(20,21)9-11-4-6-12(7-5-11)15(19)22-3/h4-7H,9H2,1-3H3. The lowest BCUT2D eigenvalue weighted by Crippen LogP contribution is -2.28. The van der Waals surface area contributed by atoms with E-state index < -0.39 is 16.0 Å². The molecule has 0 radical (unpaired) electrons. The Kier molecular flexibility index (Phi) is 4.90. The number of aryl methyl sites for hydroxylation is 1. The van der Waals surface area contributed by atoms with Crippen LogP contribution in [0.3, 0.4) is 0 Å². The Morgan fingerprint density at radius 1 is 1.38 bits per heavy atom. The molecule has 126 valence electrons. The number of aromatic nitrogens is 1. The van der Waals surface area contributed by atoms with Crippen LogP contribution in [0.1, 0.15) is 27.5 Å². The number of carbonyl (C=O) groups excluding carboxylic acids is 1. The molecule has 0 fully saturated rings. The second kappa shape index (κ2) is 6.72. The van der Waals surface area contributed by atoms with Crippen LogP contribution in [-0.2, 0) is 20.5 Å². The van der Waals surface area contributed by atoms with E-state index in [0.717, 1.165) is 4.31 Å². The second-order valence-corrected chi connectivity index (χ2v) is 6.91. The number of methoxy groups -OCH3 is 1. The summed E-state index contributed by atoms with van der Waals surface area (Å²) in [5, 5.41) is 9.00. The normalized spacial score (nSPS) is 10.9. The van der Waals surface area contributed by atoms with Crippen LogP contribution in [0.15, 0.2) is 28.7 Å². The number of anilines is 1. The first-order chi connectivity index (χ1) is 11.3. The Morgan fingerprint density at radius 3 is 2.54 bits per heavy atom. The number of nitriles is 1. The van der Waals surface area contributed by atoms with Gasteiger partial charge in [-0.2, -0.15) is 5.26 Å². The fourth-order valence-corrected chi connectivity index (χ4v) is 3.17. The van der Waals surface area contributed by atoms with Crippen molar-refractivity contribution in [1.29, 1.82) is 5.26 Å². The van der Waals surface area contributed by atoms with E-state index in [4.69, 9.17) is 9.68 Å². The van der Waals surface area contributed by atoms with Crippen LogP contribution in [0.2, 0.25) is 0 Å². The van der Waals surface area contributed by atoms with Gasteiger partial charge in [-0.1, -0.05) is 12.1 Å². The number of ether oxygens (including phenoxy) is 1. The van der Waals surface area contributed by atoms with Crippen molar-refractivity contribution in [1.82, 2.24) is 4.98 Å². The number of oxazole rings is 1. The number of hydrogen-bond acceptors (Lipinski definition) is 7. The van der Waals surface area contributed by atoms with Gasteiger partial charge in [0.15, 0.2) is 5.89 Å². The number of sulfonamides is 1. The molecule has 1 aromatic carbocycles. The Balaban J connectivity index is 2.24. The second-order valence-electron chi connectivity index (χ2n) is 4.91. The molecule has 2 aromatic rings. The largest absolute Gasteiger partial charge is 0.465 e. The van der Waals surface area contributed by atoms with E-state index in [1.165, 1.54) is 45.3 Å². The van der Waals surface area contributed by atoms with Gasteiger partial charge in [0.1, 0.15) is 6.07 Å². The molecule has 0 aliphatic rings. The highest BCUT2D eigenvalue weighted by Crippen LogP contribution is 2.24. The van der Waals surface area contributed by atoms with Crippen molar-refractivity contribution in [3.8, 4) is 6.07 Å². The lowest BCUT2D eigenvalue weighted by atomic mass is 10.1. The maximum Gasteiger partial charge on any atom is 0.337 e. The van der Waals surface area contributed by atoms with Gasteiger partial charge in [-0.05, 0) is 17.7 Å². The molecular formula is C15H15N3O5S. The summed E-state index contributed by atoms with van der Waals surface area (Å²) < 4.78 is 35.7. The van der Waals surface area contributed by atoms with Crippen LogP contribution in [0.4, 0.5) is 5.88 Å². The van der Waals surface area contributed by atoms with Gasteiger partial charge in [-0.15, -0.1) is 0 Å². The average Bonchev–Trinajstić information content (AvgIpc) is 2.94. The quantitative estimate of drug-likeness (QED) is 0.753. The smallest absolute Gasteiger partial charge is 0.337 e. The highest BCUT2D eigenvalue weighted by Gasteiger charge is 2.26. The van der Waals surface area contributed by atoms with E-state index in [1.54, 1.807) is 6.07 Å². The third-order valence-electron chi connectivity index (χ3n) is 3.25. The topological polar surface area (TPSA) is 114 Å². The van der Waals surface area contributed by atoms with E-state index in [-0.39, 0.29) is 23.2 Å². The number of rotatable bonds is 5. The van der Waals surface area contributed by atoms with Crippen molar-refractivity contribution >= 4 is 21.9 Å². The fourth-order valence-electron chi connectivity index (χ4n) is 1.99. The van der Waals surface area contributed by atoms with Crippen LogP contribution in [-0.4, -0.2) is 33.5 Å². The van der Waals surface area contributed by atoms with Gasteiger partial charge in [0.2, 0.25) is 21.6 Å². The van der Waals surface area contributed by atoms with E-state index in [1.807, 2.05) is 0 Å². The average molecular weight is 349 g/mol. The molecule has 9 heteroatoms. The van der Waals surface area contributed by atoms with Crippen LogP contribution >= 0.6 is 0 Å². The zero-order chi connectivity index (χ0) is 17.9. The van der Waals surface area contributed by atoms with Crippen LogP contribution in [0.25, 0.3) is 0 Å². The van der Waals surface area contributed by atoms with Crippen molar-refractivity contribution in [2.45, 2.75) is 12.7 Å².